The predicted octanol–water partition coefficient (Wildman–Crippen LogP) is 6.39. The average Bonchev–Trinajstić information content (AvgIpc) is 3.33. The van der Waals surface area contributed by atoms with E-state index in [9.17, 15) is 4.79 Å². The number of rotatable bonds is 10. The molecule has 0 N–H and O–H groups in total. The summed E-state index contributed by atoms with van der Waals surface area (Å²) in [5.41, 5.74) is 2.45. The van der Waals surface area contributed by atoms with Gasteiger partial charge in [0, 0.05) is 18.7 Å². The molecular weight excluding hydrogens is 458 g/mol. The highest BCUT2D eigenvalue weighted by Gasteiger charge is 2.24. The first-order valence-corrected chi connectivity index (χ1v) is 12.7. The van der Waals surface area contributed by atoms with E-state index in [2.05, 4.69) is 25.7 Å². The predicted molar refractivity (Wildman–Crippen MR) is 143 cm³/mol. The summed E-state index contributed by atoms with van der Waals surface area (Å²) in [6, 6.07) is 20.8. The molecule has 6 nitrogen and oxygen atoms in total. The lowest BCUT2D eigenvalue weighted by atomic mass is 10.2. The second-order valence-electron chi connectivity index (χ2n) is 8.19. The number of aryl methyl sites for hydroxylation is 1. The van der Waals surface area contributed by atoms with E-state index in [1.165, 1.54) is 11.3 Å². The van der Waals surface area contributed by atoms with Gasteiger partial charge in [0.15, 0.2) is 5.13 Å². The number of benzene rings is 3. The number of anilines is 1. The summed E-state index contributed by atoms with van der Waals surface area (Å²) in [5.74, 6) is 1.95. The average molecular weight is 490 g/mol. The fraction of sp³-hybridized carbons (Fsp3) is 0.286. The maximum absolute atomic E-state index is 13.8. The van der Waals surface area contributed by atoms with Gasteiger partial charge in [0.2, 0.25) is 0 Å². The molecule has 0 aliphatic heterocycles. The number of aromatic nitrogens is 1. The Hall–Kier alpha value is -3.42. The Morgan fingerprint density at radius 3 is 2.40 bits per heavy atom. The van der Waals surface area contributed by atoms with Crippen LogP contribution in [0.1, 0.15) is 29.8 Å². The van der Waals surface area contributed by atoms with Crippen molar-refractivity contribution < 1.29 is 14.3 Å². The second kappa shape index (κ2) is 11.3. The molecule has 0 saturated carbocycles. The molecule has 0 aliphatic carbocycles. The first kappa shape index (κ1) is 24.7. The molecule has 0 unspecified atom stereocenters. The standard InChI is InChI=1S/C28H31N3O3S/c1-5-30(6-2)17-18-31(28-29-25-24(33-4)16-15-20(3)26(25)35-28)27(32)21-11-10-14-23(19-21)34-22-12-8-7-9-13-22/h7-16,19H,5-6,17-18H2,1-4H3. The molecule has 1 heterocycles. The number of fused-ring (bicyclic) bond motifs is 1. The van der Waals surface area contributed by atoms with E-state index in [1.807, 2.05) is 60.7 Å². The summed E-state index contributed by atoms with van der Waals surface area (Å²) in [5, 5.41) is 0.666. The number of nitrogens with zero attached hydrogens (tertiary/aromatic N) is 3. The quantitative estimate of drug-likeness (QED) is 0.258. The summed E-state index contributed by atoms with van der Waals surface area (Å²) >= 11 is 1.52. The van der Waals surface area contributed by atoms with Crippen molar-refractivity contribution in [2.75, 3.05) is 38.2 Å². The van der Waals surface area contributed by atoms with Crippen LogP contribution in [0.15, 0.2) is 66.7 Å². The van der Waals surface area contributed by atoms with Gasteiger partial charge in [0.1, 0.15) is 22.8 Å². The molecule has 0 fully saturated rings. The summed E-state index contributed by atoms with van der Waals surface area (Å²) in [7, 11) is 1.64. The minimum Gasteiger partial charge on any atom is -0.494 e. The zero-order chi connectivity index (χ0) is 24.8. The largest absolute Gasteiger partial charge is 0.494 e. The van der Waals surface area contributed by atoms with Crippen LogP contribution in [-0.4, -0.2) is 49.1 Å². The second-order valence-corrected chi connectivity index (χ2v) is 9.16. The van der Waals surface area contributed by atoms with Gasteiger partial charge >= 0.3 is 0 Å². The van der Waals surface area contributed by atoms with Crippen molar-refractivity contribution in [3.05, 3.63) is 77.9 Å². The molecule has 1 aromatic heterocycles. The number of thiazole rings is 1. The van der Waals surface area contributed by atoms with Crippen LogP contribution in [0.25, 0.3) is 10.2 Å². The molecule has 0 atom stereocenters. The molecule has 3 aromatic carbocycles. The number of likely N-dealkylation sites (N-methyl/N-ethyl adjacent to an activating group) is 1. The number of hydrogen-bond acceptors (Lipinski definition) is 6. The van der Waals surface area contributed by atoms with Gasteiger partial charge in [0.05, 0.1) is 11.8 Å². The topological polar surface area (TPSA) is 54.9 Å². The van der Waals surface area contributed by atoms with E-state index in [0.717, 1.165) is 41.2 Å². The Balaban J connectivity index is 1.69. The first-order valence-electron chi connectivity index (χ1n) is 11.8. The van der Waals surface area contributed by atoms with Gasteiger partial charge < -0.3 is 14.4 Å². The van der Waals surface area contributed by atoms with Crippen molar-refractivity contribution in [2.45, 2.75) is 20.8 Å². The van der Waals surface area contributed by atoms with Gasteiger partial charge in [-0.15, -0.1) is 0 Å². The molecule has 1 amide bonds. The van der Waals surface area contributed by atoms with Crippen LogP contribution >= 0.6 is 11.3 Å². The summed E-state index contributed by atoms with van der Waals surface area (Å²) in [6.07, 6.45) is 0. The Kier molecular flexibility index (Phi) is 8.00. The maximum Gasteiger partial charge on any atom is 0.260 e. The molecule has 0 spiro atoms. The van der Waals surface area contributed by atoms with E-state index in [0.29, 0.717) is 28.7 Å². The van der Waals surface area contributed by atoms with Crippen molar-refractivity contribution >= 4 is 32.6 Å². The van der Waals surface area contributed by atoms with Crippen molar-refractivity contribution in [3.63, 3.8) is 0 Å². The van der Waals surface area contributed by atoms with Crippen molar-refractivity contribution in [2.24, 2.45) is 0 Å². The molecule has 0 radical (unpaired) electrons. The normalized spacial score (nSPS) is 11.1. The molecule has 0 bridgehead atoms. The molecule has 35 heavy (non-hydrogen) atoms. The Morgan fingerprint density at radius 2 is 1.69 bits per heavy atom. The van der Waals surface area contributed by atoms with E-state index in [1.54, 1.807) is 18.1 Å². The van der Waals surface area contributed by atoms with Gasteiger partial charge in [-0.3, -0.25) is 9.69 Å². The molecule has 0 aliphatic rings. The molecule has 0 saturated heterocycles. The van der Waals surface area contributed by atoms with Crippen LogP contribution in [0.3, 0.4) is 0 Å². The molecule has 4 aromatic rings. The highest BCUT2D eigenvalue weighted by molar-refractivity contribution is 7.22. The van der Waals surface area contributed by atoms with Crippen molar-refractivity contribution in [1.29, 1.82) is 0 Å². The fourth-order valence-electron chi connectivity index (χ4n) is 3.92. The van der Waals surface area contributed by atoms with E-state index < -0.39 is 0 Å². The zero-order valence-electron chi connectivity index (χ0n) is 20.7. The van der Waals surface area contributed by atoms with E-state index in [4.69, 9.17) is 14.5 Å². The Bertz CT molecular complexity index is 1290. The van der Waals surface area contributed by atoms with Crippen LogP contribution in [-0.2, 0) is 0 Å². The van der Waals surface area contributed by atoms with Crippen molar-refractivity contribution in [3.8, 4) is 17.2 Å². The third-order valence-electron chi connectivity index (χ3n) is 5.98. The van der Waals surface area contributed by atoms with Gasteiger partial charge in [-0.1, -0.05) is 55.5 Å². The van der Waals surface area contributed by atoms with Crippen LogP contribution in [0, 0.1) is 6.92 Å². The maximum atomic E-state index is 13.8. The van der Waals surface area contributed by atoms with Crippen LogP contribution in [0.4, 0.5) is 5.13 Å². The molecular formula is C28H31N3O3S. The van der Waals surface area contributed by atoms with E-state index in [-0.39, 0.29) is 5.91 Å². The van der Waals surface area contributed by atoms with Crippen molar-refractivity contribution in [1.82, 2.24) is 9.88 Å². The zero-order valence-corrected chi connectivity index (χ0v) is 21.5. The van der Waals surface area contributed by atoms with Crippen LogP contribution in [0.2, 0.25) is 0 Å². The molecule has 7 heteroatoms. The molecule has 4 rings (SSSR count). The summed E-state index contributed by atoms with van der Waals surface area (Å²) < 4.78 is 12.5. The summed E-state index contributed by atoms with van der Waals surface area (Å²) in [4.78, 5) is 22.8. The Labute approximate surface area is 210 Å². The lowest BCUT2D eigenvalue weighted by molar-refractivity contribution is 0.0983. The fourth-order valence-corrected chi connectivity index (χ4v) is 4.99. The number of hydrogen-bond donors (Lipinski definition) is 0. The molecule has 182 valence electrons. The minimum atomic E-state index is -0.105. The minimum absolute atomic E-state index is 0.105. The third-order valence-corrected chi connectivity index (χ3v) is 7.20. The first-order chi connectivity index (χ1) is 17.0. The monoisotopic (exact) mass is 489 g/mol. The third kappa shape index (κ3) is 5.63. The SMILES string of the molecule is CCN(CC)CCN(C(=O)c1cccc(Oc2ccccc2)c1)c1nc2c(OC)ccc(C)c2s1. The van der Waals surface area contributed by atoms with E-state index >= 15 is 0 Å². The van der Waals surface area contributed by atoms with Gasteiger partial charge in [-0.2, -0.15) is 0 Å². The number of amides is 1. The number of carbonyl (C=O) groups excluding carboxylic acids is 1. The number of para-hydroxylation sites is 1. The van der Waals surface area contributed by atoms with Crippen LogP contribution < -0.4 is 14.4 Å². The number of methoxy groups -OCH3 is 1. The highest BCUT2D eigenvalue weighted by Crippen LogP contribution is 2.37. The van der Waals surface area contributed by atoms with Gasteiger partial charge in [-0.25, -0.2) is 4.98 Å². The Morgan fingerprint density at radius 1 is 0.943 bits per heavy atom. The lowest BCUT2D eigenvalue weighted by Gasteiger charge is -2.25. The lowest BCUT2D eigenvalue weighted by Crippen LogP contribution is -2.38. The highest BCUT2D eigenvalue weighted by atomic mass is 32.1. The van der Waals surface area contributed by atoms with Crippen LogP contribution in [0.5, 0.6) is 17.2 Å². The smallest absolute Gasteiger partial charge is 0.260 e. The van der Waals surface area contributed by atoms with Gasteiger partial charge in [0.25, 0.3) is 5.91 Å². The summed E-state index contributed by atoms with van der Waals surface area (Å²) in [6.45, 7) is 9.45. The number of carbonyl (C=O) groups is 1. The van der Waals surface area contributed by atoms with Gasteiger partial charge in [-0.05, 0) is 62.0 Å². The number of ether oxygens (including phenoxy) is 2.